The van der Waals surface area contributed by atoms with Crippen LogP contribution in [-0.4, -0.2) is 30.6 Å². The molecule has 0 saturated carbocycles. The van der Waals surface area contributed by atoms with Crippen LogP contribution in [0.15, 0.2) is 18.2 Å². The molecule has 1 saturated heterocycles. The highest BCUT2D eigenvalue weighted by molar-refractivity contribution is 14.1. The number of benzene rings is 1. The maximum absolute atomic E-state index is 10.9. The molecule has 0 aliphatic carbocycles. The molecule has 0 radical (unpaired) electrons. The van der Waals surface area contributed by atoms with Gasteiger partial charge >= 0.3 is 0 Å². The zero-order chi connectivity index (χ0) is 15.4. The summed E-state index contributed by atoms with van der Waals surface area (Å²) in [5, 5.41) is 14.4. The Balaban J connectivity index is 2.04. The molecule has 0 spiro atoms. The zero-order valence-electron chi connectivity index (χ0n) is 12.5. The van der Waals surface area contributed by atoms with Gasteiger partial charge in [0.1, 0.15) is 0 Å². The zero-order valence-corrected chi connectivity index (χ0v) is 14.7. The molecule has 1 fully saturated rings. The van der Waals surface area contributed by atoms with Crippen LogP contribution in [0.5, 0.6) is 0 Å². The molecule has 2 rings (SSSR count). The molecule has 1 heterocycles. The molecule has 0 aromatic heterocycles. The van der Waals surface area contributed by atoms with Crippen LogP contribution in [0.4, 0.5) is 11.4 Å². The van der Waals surface area contributed by atoms with E-state index in [9.17, 15) is 10.1 Å². The molecule has 21 heavy (non-hydrogen) atoms. The lowest BCUT2D eigenvalue weighted by Crippen LogP contribution is -2.41. The van der Waals surface area contributed by atoms with Crippen LogP contribution in [0.2, 0.25) is 0 Å². The first-order valence-corrected chi connectivity index (χ1v) is 8.47. The number of rotatable bonds is 5. The van der Waals surface area contributed by atoms with Gasteiger partial charge in [0.25, 0.3) is 5.69 Å². The molecule has 0 amide bonds. The molecular weight excluding hydrogens is 381 g/mol. The second-order valence-electron chi connectivity index (χ2n) is 5.91. The molecule has 1 atom stereocenters. The quantitative estimate of drug-likeness (QED) is 0.465. The lowest BCUT2D eigenvalue weighted by molar-refractivity contribution is -0.385. The van der Waals surface area contributed by atoms with Gasteiger partial charge in [-0.1, -0.05) is 13.8 Å². The largest absolute Gasteiger partial charge is 0.371 e. The van der Waals surface area contributed by atoms with Crippen LogP contribution in [0.3, 0.4) is 0 Å². The first-order chi connectivity index (χ1) is 9.97. The summed E-state index contributed by atoms with van der Waals surface area (Å²) in [7, 11) is 0. The predicted molar refractivity (Wildman–Crippen MR) is 93.9 cm³/mol. The molecule has 1 unspecified atom stereocenters. The van der Waals surface area contributed by atoms with Crippen molar-refractivity contribution in [3.8, 4) is 0 Å². The van der Waals surface area contributed by atoms with Gasteiger partial charge in [0, 0.05) is 30.9 Å². The number of nitrogens with zero attached hydrogens (tertiary/aromatic N) is 2. The summed E-state index contributed by atoms with van der Waals surface area (Å²) < 4.78 is 0.706. The van der Waals surface area contributed by atoms with Gasteiger partial charge in [0.2, 0.25) is 0 Å². The SMILES string of the molecule is CC(C)NCC1CCCN(c2ccc([N+](=O)[O-])c(I)c2)C1. The van der Waals surface area contributed by atoms with Crippen molar-refractivity contribution < 1.29 is 4.92 Å². The highest BCUT2D eigenvalue weighted by Gasteiger charge is 2.21. The summed E-state index contributed by atoms with van der Waals surface area (Å²) in [5.41, 5.74) is 1.29. The Kier molecular flexibility index (Phi) is 5.80. The minimum Gasteiger partial charge on any atom is -0.371 e. The molecule has 1 aliphatic rings. The second kappa shape index (κ2) is 7.40. The van der Waals surface area contributed by atoms with E-state index in [1.165, 1.54) is 12.8 Å². The molecule has 1 aliphatic heterocycles. The van der Waals surface area contributed by atoms with Gasteiger partial charge in [-0.2, -0.15) is 0 Å². The van der Waals surface area contributed by atoms with Crippen molar-refractivity contribution in [1.82, 2.24) is 5.32 Å². The molecule has 116 valence electrons. The van der Waals surface area contributed by atoms with Gasteiger partial charge in [0.05, 0.1) is 8.49 Å². The predicted octanol–water partition coefficient (Wildman–Crippen LogP) is 3.41. The van der Waals surface area contributed by atoms with Gasteiger partial charge in [0.15, 0.2) is 0 Å². The smallest absolute Gasteiger partial charge is 0.282 e. The summed E-state index contributed by atoms with van der Waals surface area (Å²) in [5.74, 6) is 0.647. The number of hydrogen-bond donors (Lipinski definition) is 1. The number of nitrogens with one attached hydrogen (secondary N) is 1. The molecule has 0 bridgehead atoms. The molecule has 1 N–H and O–H groups in total. The fraction of sp³-hybridized carbons (Fsp3) is 0.600. The Labute approximate surface area is 139 Å². The Bertz CT molecular complexity index is 508. The van der Waals surface area contributed by atoms with E-state index in [4.69, 9.17) is 0 Å². The first kappa shape index (κ1) is 16.5. The first-order valence-electron chi connectivity index (χ1n) is 7.39. The maximum atomic E-state index is 10.9. The van der Waals surface area contributed by atoms with Crippen molar-refractivity contribution in [2.45, 2.75) is 32.7 Å². The van der Waals surface area contributed by atoms with Gasteiger partial charge < -0.3 is 10.2 Å². The monoisotopic (exact) mass is 403 g/mol. The Morgan fingerprint density at radius 2 is 2.29 bits per heavy atom. The fourth-order valence-electron chi connectivity index (χ4n) is 2.71. The third-order valence-corrected chi connectivity index (χ3v) is 4.69. The number of nitro benzene ring substituents is 1. The van der Waals surface area contributed by atoms with E-state index in [1.54, 1.807) is 6.07 Å². The number of anilines is 1. The Morgan fingerprint density at radius 1 is 1.52 bits per heavy atom. The maximum Gasteiger partial charge on any atom is 0.282 e. The van der Waals surface area contributed by atoms with Gasteiger partial charge in [-0.3, -0.25) is 10.1 Å². The Hall–Kier alpha value is -0.890. The summed E-state index contributed by atoms with van der Waals surface area (Å²) in [6.07, 6.45) is 2.43. The molecular formula is C15H22IN3O2. The van der Waals surface area contributed by atoms with Crippen molar-refractivity contribution in [2.24, 2.45) is 5.92 Å². The molecule has 5 nitrogen and oxygen atoms in total. The van der Waals surface area contributed by atoms with E-state index in [-0.39, 0.29) is 10.6 Å². The van der Waals surface area contributed by atoms with Gasteiger partial charge in [-0.15, -0.1) is 0 Å². The molecule has 1 aromatic carbocycles. The number of nitro groups is 1. The van der Waals surface area contributed by atoms with Crippen LogP contribution in [-0.2, 0) is 0 Å². The highest BCUT2D eigenvalue weighted by atomic mass is 127. The van der Waals surface area contributed by atoms with Crippen molar-refractivity contribution in [1.29, 1.82) is 0 Å². The van der Waals surface area contributed by atoms with Crippen molar-refractivity contribution in [3.05, 3.63) is 31.9 Å². The topological polar surface area (TPSA) is 58.4 Å². The summed E-state index contributed by atoms with van der Waals surface area (Å²) in [6.45, 7) is 7.43. The summed E-state index contributed by atoms with van der Waals surface area (Å²) >= 11 is 2.05. The van der Waals surface area contributed by atoms with Crippen LogP contribution in [0.25, 0.3) is 0 Å². The lowest BCUT2D eigenvalue weighted by atomic mass is 9.97. The lowest BCUT2D eigenvalue weighted by Gasteiger charge is -2.35. The van der Waals surface area contributed by atoms with Gasteiger partial charge in [-0.25, -0.2) is 0 Å². The van der Waals surface area contributed by atoms with E-state index in [0.717, 1.165) is 25.3 Å². The summed E-state index contributed by atoms with van der Waals surface area (Å²) in [6, 6.07) is 5.93. The standard InChI is InChI=1S/C15H22IN3O2/c1-11(2)17-9-12-4-3-7-18(10-12)13-5-6-15(19(20)21)14(16)8-13/h5-6,8,11-12,17H,3-4,7,9-10H2,1-2H3. The Morgan fingerprint density at radius 3 is 2.90 bits per heavy atom. The number of halogens is 1. The van der Waals surface area contributed by atoms with Crippen molar-refractivity contribution in [3.63, 3.8) is 0 Å². The van der Waals surface area contributed by atoms with Crippen LogP contribution >= 0.6 is 22.6 Å². The van der Waals surface area contributed by atoms with E-state index in [2.05, 4.69) is 24.1 Å². The normalized spacial score (nSPS) is 19.0. The van der Waals surface area contributed by atoms with E-state index in [1.807, 2.05) is 34.7 Å². The third kappa shape index (κ3) is 4.54. The van der Waals surface area contributed by atoms with Crippen LogP contribution < -0.4 is 10.2 Å². The summed E-state index contributed by atoms with van der Waals surface area (Å²) in [4.78, 5) is 12.9. The number of piperidine rings is 1. The average molecular weight is 403 g/mol. The third-order valence-electron chi connectivity index (χ3n) is 3.83. The minimum absolute atomic E-state index is 0.189. The van der Waals surface area contributed by atoms with Crippen LogP contribution in [0.1, 0.15) is 26.7 Å². The highest BCUT2D eigenvalue weighted by Crippen LogP contribution is 2.29. The molecule has 1 aromatic rings. The average Bonchev–Trinajstić information content (AvgIpc) is 2.45. The van der Waals surface area contributed by atoms with Crippen LogP contribution in [0, 0.1) is 19.6 Å². The van der Waals surface area contributed by atoms with Crippen molar-refractivity contribution in [2.75, 3.05) is 24.5 Å². The minimum atomic E-state index is -0.322. The van der Waals surface area contributed by atoms with E-state index in [0.29, 0.717) is 15.5 Å². The van der Waals surface area contributed by atoms with E-state index >= 15 is 0 Å². The van der Waals surface area contributed by atoms with E-state index < -0.39 is 0 Å². The fourth-order valence-corrected chi connectivity index (χ4v) is 3.40. The van der Waals surface area contributed by atoms with Gasteiger partial charge in [-0.05, 0) is 60.0 Å². The second-order valence-corrected chi connectivity index (χ2v) is 7.07. The van der Waals surface area contributed by atoms with Crippen molar-refractivity contribution >= 4 is 34.0 Å². The number of hydrogen-bond acceptors (Lipinski definition) is 4. The molecule has 6 heteroatoms.